The van der Waals surface area contributed by atoms with Gasteiger partial charge in [0.1, 0.15) is 11.6 Å². The Hall–Kier alpha value is -1.97. The average molecular weight is 217 g/mol. The summed E-state index contributed by atoms with van der Waals surface area (Å²) >= 11 is 0. The Bertz CT molecular complexity index is 428. The van der Waals surface area contributed by atoms with Gasteiger partial charge in [-0.25, -0.2) is 9.37 Å². The summed E-state index contributed by atoms with van der Waals surface area (Å²) in [7, 11) is 0. The molecule has 0 fully saturated rings. The molecule has 1 heterocycles. The molecule has 0 aliphatic carbocycles. The highest BCUT2D eigenvalue weighted by Crippen LogP contribution is 2.04. The van der Waals surface area contributed by atoms with Gasteiger partial charge >= 0.3 is 0 Å². The number of nitrogens with one attached hydrogen (secondary N) is 1. The van der Waals surface area contributed by atoms with Gasteiger partial charge in [-0.05, 0) is 24.1 Å². The highest BCUT2D eigenvalue weighted by Gasteiger charge is 1.95. The number of hydrogen-bond acceptors (Lipinski definition) is 3. The van der Waals surface area contributed by atoms with E-state index in [0.717, 1.165) is 24.3 Å². The lowest BCUT2D eigenvalue weighted by Crippen LogP contribution is -2.06. The molecule has 0 saturated carbocycles. The first-order valence-electron chi connectivity index (χ1n) is 5.09. The van der Waals surface area contributed by atoms with Crippen LogP contribution >= 0.6 is 0 Å². The van der Waals surface area contributed by atoms with Gasteiger partial charge in [0.05, 0.1) is 6.20 Å². The van der Waals surface area contributed by atoms with Gasteiger partial charge in [0.25, 0.3) is 0 Å². The van der Waals surface area contributed by atoms with Gasteiger partial charge < -0.3 is 5.32 Å². The van der Waals surface area contributed by atoms with Gasteiger partial charge in [0.2, 0.25) is 0 Å². The Morgan fingerprint density at radius 1 is 1.12 bits per heavy atom. The molecule has 1 aromatic heterocycles. The Balaban J connectivity index is 1.82. The second-order valence-electron chi connectivity index (χ2n) is 3.39. The number of hydrogen-bond donors (Lipinski definition) is 1. The topological polar surface area (TPSA) is 37.8 Å². The third-order valence-electron chi connectivity index (χ3n) is 2.20. The normalized spacial score (nSPS) is 10.1. The van der Waals surface area contributed by atoms with E-state index in [4.69, 9.17) is 0 Å². The molecule has 16 heavy (non-hydrogen) atoms. The zero-order valence-corrected chi connectivity index (χ0v) is 8.73. The number of halogens is 1. The monoisotopic (exact) mass is 217 g/mol. The number of nitrogens with zero attached hydrogens (tertiary/aromatic N) is 2. The molecule has 1 N–H and O–H groups in total. The smallest absolute Gasteiger partial charge is 0.144 e. The van der Waals surface area contributed by atoms with E-state index >= 15 is 0 Å². The summed E-state index contributed by atoms with van der Waals surface area (Å²) in [5, 5.41) is 3.14. The van der Waals surface area contributed by atoms with Crippen molar-refractivity contribution in [3.8, 4) is 0 Å². The summed E-state index contributed by atoms with van der Waals surface area (Å²) in [5.74, 6) is 0.551. The molecule has 0 unspecified atom stereocenters. The van der Waals surface area contributed by atoms with Crippen LogP contribution in [-0.4, -0.2) is 16.5 Å². The van der Waals surface area contributed by atoms with Crippen molar-refractivity contribution in [2.45, 2.75) is 6.42 Å². The Labute approximate surface area is 93.4 Å². The summed E-state index contributed by atoms with van der Waals surface area (Å²) in [6.07, 6.45) is 5.77. The SMILES string of the molecule is Fc1ccc(CCNc2cnccn2)cc1. The quantitative estimate of drug-likeness (QED) is 0.853. The maximum atomic E-state index is 12.6. The van der Waals surface area contributed by atoms with Crippen LogP contribution in [0.1, 0.15) is 5.56 Å². The van der Waals surface area contributed by atoms with Gasteiger partial charge in [-0.2, -0.15) is 0 Å². The van der Waals surface area contributed by atoms with Crippen LogP contribution in [0.2, 0.25) is 0 Å². The molecule has 2 rings (SSSR count). The van der Waals surface area contributed by atoms with Crippen LogP contribution in [-0.2, 0) is 6.42 Å². The van der Waals surface area contributed by atoms with Gasteiger partial charge in [0.15, 0.2) is 0 Å². The predicted molar refractivity (Wildman–Crippen MR) is 60.6 cm³/mol. The van der Waals surface area contributed by atoms with Crippen LogP contribution < -0.4 is 5.32 Å². The summed E-state index contributed by atoms with van der Waals surface area (Å²) < 4.78 is 12.6. The molecule has 4 heteroatoms. The molecule has 3 nitrogen and oxygen atoms in total. The highest BCUT2D eigenvalue weighted by molar-refractivity contribution is 5.30. The minimum absolute atomic E-state index is 0.203. The molecular formula is C12H12FN3. The maximum absolute atomic E-state index is 12.6. The molecule has 0 amide bonds. The summed E-state index contributed by atoms with van der Waals surface area (Å²) in [5.41, 5.74) is 1.10. The largest absolute Gasteiger partial charge is 0.368 e. The molecule has 0 saturated heterocycles. The van der Waals surface area contributed by atoms with Crippen molar-refractivity contribution in [2.75, 3.05) is 11.9 Å². The van der Waals surface area contributed by atoms with Crippen molar-refractivity contribution in [3.63, 3.8) is 0 Å². The summed E-state index contributed by atoms with van der Waals surface area (Å²) in [4.78, 5) is 8.04. The van der Waals surface area contributed by atoms with Crippen LogP contribution in [0.25, 0.3) is 0 Å². The molecule has 82 valence electrons. The van der Waals surface area contributed by atoms with Crippen molar-refractivity contribution in [1.29, 1.82) is 0 Å². The van der Waals surface area contributed by atoms with Gasteiger partial charge in [-0.3, -0.25) is 4.98 Å². The van der Waals surface area contributed by atoms with Crippen LogP contribution in [0, 0.1) is 5.82 Å². The zero-order valence-electron chi connectivity index (χ0n) is 8.73. The predicted octanol–water partition coefficient (Wildman–Crippen LogP) is 2.27. The van der Waals surface area contributed by atoms with E-state index in [1.807, 2.05) is 0 Å². The van der Waals surface area contributed by atoms with E-state index in [-0.39, 0.29) is 5.82 Å². The molecule has 0 atom stereocenters. The minimum Gasteiger partial charge on any atom is -0.368 e. The first kappa shape index (κ1) is 10.5. The maximum Gasteiger partial charge on any atom is 0.144 e. The van der Waals surface area contributed by atoms with Crippen molar-refractivity contribution in [2.24, 2.45) is 0 Å². The highest BCUT2D eigenvalue weighted by atomic mass is 19.1. The van der Waals surface area contributed by atoms with E-state index in [2.05, 4.69) is 15.3 Å². The number of aromatic nitrogens is 2. The Kier molecular flexibility index (Phi) is 3.43. The second-order valence-corrected chi connectivity index (χ2v) is 3.39. The summed E-state index contributed by atoms with van der Waals surface area (Å²) in [6, 6.07) is 6.51. The standard InChI is InChI=1S/C12H12FN3/c13-11-3-1-10(2-4-11)5-6-15-12-9-14-7-8-16-12/h1-4,7-9H,5-6H2,(H,15,16). The number of rotatable bonds is 4. The van der Waals surface area contributed by atoms with Crippen LogP contribution in [0.15, 0.2) is 42.9 Å². The van der Waals surface area contributed by atoms with Crippen molar-refractivity contribution < 1.29 is 4.39 Å². The van der Waals surface area contributed by atoms with Crippen molar-refractivity contribution >= 4 is 5.82 Å². The molecule has 0 bridgehead atoms. The average Bonchev–Trinajstić information content (AvgIpc) is 2.33. The van der Waals surface area contributed by atoms with Crippen LogP contribution in [0.5, 0.6) is 0 Å². The molecule has 1 aromatic carbocycles. The molecule has 0 aliphatic heterocycles. The molecule has 0 radical (unpaired) electrons. The molecule has 2 aromatic rings. The fraction of sp³-hybridized carbons (Fsp3) is 0.167. The lowest BCUT2D eigenvalue weighted by Gasteiger charge is -2.04. The third kappa shape index (κ3) is 3.02. The van der Waals surface area contributed by atoms with E-state index in [0.29, 0.717) is 0 Å². The number of anilines is 1. The lowest BCUT2D eigenvalue weighted by molar-refractivity contribution is 0.627. The molecule has 0 spiro atoms. The Morgan fingerprint density at radius 3 is 2.62 bits per heavy atom. The fourth-order valence-corrected chi connectivity index (χ4v) is 1.38. The summed E-state index contributed by atoms with van der Waals surface area (Å²) in [6.45, 7) is 0.754. The van der Waals surface area contributed by atoms with E-state index in [1.165, 1.54) is 12.1 Å². The van der Waals surface area contributed by atoms with E-state index in [1.54, 1.807) is 30.7 Å². The van der Waals surface area contributed by atoms with Crippen molar-refractivity contribution in [3.05, 3.63) is 54.2 Å². The van der Waals surface area contributed by atoms with E-state index in [9.17, 15) is 4.39 Å². The third-order valence-corrected chi connectivity index (χ3v) is 2.20. The molecule has 0 aliphatic rings. The first-order chi connectivity index (χ1) is 7.84. The number of benzene rings is 1. The first-order valence-corrected chi connectivity index (χ1v) is 5.09. The van der Waals surface area contributed by atoms with Crippen molar-refractivity contribution in [1.82, 2.24) is 9.97 Å². The van der Waals surface area contributed by atoms with E-state index < -0.39 is 0 Å². The zero-order chi connectivity index (χ0) is 11.2. The lowest BCUT2D eigenvalue weighted by atomic mass is 10.1. The van der Waals surface area contributed by atoms with Crippen LogP contribution in [0.3, 0.4) is 0 Å². The fourth-order valence-electron chi connectivity index (χ4n) is 1.38. The molecular weight excluding hydrogens is 205 g/mol. The van der Waals surface area contributed by atoms with Gasteiger partial charge in [0, 0.05) is 18.9 Å². The minimum atomic E-state index is -0.203. The van der Waals surface area contributed by atoms with Gasteiger partial charge in [-0.15, -0.1) is 0 Å². The van der Waals surface area contributed by atoms with Crippen LogP contribution in [0.4, 0.5) is 10.2 Å². The Morgan fingerprint density at radius 2 is 1.94 bits per heavy atom. The van der Waals surface area contributed by atoms with Gasteiger partial charge in [-0.1, -0.05) is 12.1 Å². The second kappa shape index (κ2) is 5.21.